The van der Waals surface area contributed by atoms with Crippen LogP contribution in [0.1, 0.15) is 69.8 Å². The number of methoxy groups -OCH3 is 1. The number of ether oxygens (including phenoxy) is 2. The molecule has 1 fully saturated rings. The molecule has 3 rings (SSSR count). The average molecular weight is 480 g/mol. The Morgan fingerprint density at radius 1 is 1.09 bits per heavy atom. The number of likely N-dealkylation sites (tertiary alicyclic amines) is 1. The molecule has 2 aromatic carbocycles. The minimum atomic E-state index is -0.723. The van der Waals surface area contributed by atoms with Gasteiger partial charge in [-0.3, -0.25) is 9.59 Å². The van der Waals surface area contributed by atoms with Gasteiger partial charge in [-0.15, -0.1) is 0 Å². The molecule has 188 valence electrons. The zero-order valence-corrected chi connectivity index (χ0v) is 21.8. The van der Waals surface area contributed by atoms with E-state index in [0.717, 1.165) is 23.1 Å². The van der Waals surface area contributed by atoms with Gasteiger partial charge in [0.1, 0.15) is 11.5 Å². The number of hydrogen-bond acceptors (Lipinski definition) is 5. The van der Waals surface area contributed by atoms with Crippen molar-refractivity contribution < 1.29 is 24.2 Å². The number of carbonyl (C=O) groups excluding carboxylic acids is 2. The van der Waals surface area contributed by atoms with Gasteiger partial charge in [0, 0.05) is 6.54 Å². The number of amides is 1. The standard InChI is InChI=1S/C29H37NO5/c1-8-19-9-11-20(12-10-19)25-24(27(32)28(33)30(25)15-16-35-18(2)3)26(31)22-17-21(29(4,5)6)13-14-23(22)34-7/h9-14,17-18,25,31H,8,15-16H2,1-7H3/b26-24+. The maximum Gasteiger partial charge on any atom is 0.295 e. The fourth-order valence-electron chi connectivity index (χ4n) is 4.28. The number of carbonyl (C=O) groups is 2. The van der Waals surface area contributed by atoms with Crippen molar-refractivity contribution in [3.63, 3.8) is 0 Å². The molecule has 6 heteroatoms. The topological polar surface area (TPSA) is 76.1 Å². The third-order valence-corrected chi connectivity index (χ3v) is 6.35. The quantitative estimate of drug-likeness (QED) is 0.312. The van der Waals surface area contributed by atoms with Gasteiger partial charge in [0.05, 0.1) is 37.0 Å². The molecule has 0 radical (unpaired) electrons. The summed E-state index contributed by atoms with van der Waals surface area (Å²) in [6.45, 7) is 12.6. The maximum atomic E-state index is 13.3. The first-order chi connectivity index (χ1) is 16.5. The molecule has 1 heterocycles. The van der Waals surface area contributed by atoms with Gasteiger partial charge >= 0.3 is 0 Å². The fourth-order valence-corrected chi connectivity index (χ4v) is 4.28. The minimum Gasteiger partial charge on any atom is -0.507 e. The van der Waals surface area contributed by atoms with E-state index in [2.05, 4.69) is 27.7 Å². The lowest BCUT2D eigenvalue weighted by atomic mass is 9.85. The highest BCUT2D eigenvalue weighted by atomic mass is 16.5. The van der Waals surface area contributed by atoms with Crippen molar-refractivity contribution in [3.8, 4) is 5.75 Å². The molecule has 6 nitrogen and oxygen atoms in total. The molecular weight excluding hydrogens is 442 g/mol. The monoisotopic (exact) mass is 479 g/mol. The molecule has 2 aromatic rings. The van der Waals surface area contributed by atoms with E-state index in [1.54, 1.807) is 6.07 Å². The second-order valence-electron chi connectivity index (χ2n) is 10.2. The van der Waals surface area contributed by atoms with E-state index in [1.807, 2.05) is 50.2 Å². The molecule has 0 bridgehead atoms. The zero-order valence-electron chi connectivity index (χ0n) is 21.8. The predicted octanol–water partition coefficient (Wildman–Crippen LogP) is 5.40. The summed E-state index contributed by atoms with van der Waals surface area (Å²) >= 11 is 0. The largest absolute Gasteiger partial charge is 0.507 e. The van der Waals surface area contributed by atoms with E-state index in [1.165, 1.54) is 12.0 Å². The first-order valence-electron chi connectivity index (χ1n) is 12.2. The van der Waals surface area contributed by atoms with Crippen LogP contribution < -0.4 is 4.74 Å². The summed E-state index contributed by atoms with van der Waals surface area (Å²) in [5, 5.41) is 11.5. The third kappa shape index (κ3) is 5.59. The van der Waals surface area contributed by atoms with Gasteiger partial charge in [0.2, 0.25) is 0 Å². The van der Waals surface area contributed by atoms with Crippen molar-refractivity contribution in [3.05, 3.63) is 70.3 Å². The summed E-state index contributed by atoms with van der Waals surface area (Å²) in [6, 6.07) is 12.7. The Morgan fingerprint density at radius 2 is 1.74 bits per heavy atom. The Labute approximate surface area is 208 Å². The smallest absolute Gasteiger partial charge is 0.295 e. The Morgan fingerprint density at radius 3 is 2.29 bits per heavy atom. The van der Waals surface area contributed by atoms with Crippen molar-refractivity contribution >= 4 is 17.4 Å². The highest BCUT2D eigenvalue weighted by molar-refractivity contribution is 6.46. The number of aliphatic hydroxyl groups is 1. The molecule has 0 aliphatic carbocycles. The number of Topliss-reactive ketones (excluding diaryl/α,β-unsaturated/α-hetero) is 1. The van der Waals surface area contributed by atoms with Crippen molar-refractivity contribution in [1.82, 2.24) is 4.90 Å². The third-order valence-electron chi connectivity index (χ3n) is 6.35. The van der Waals surface area contributed by atoms with E-state index in [9.17, 15) is 14.7 Å². The van der Waals surface area contributed by atoms with Crippen LogP contribution in [0.4, 0.5) is 0 Å². The first-order valence-corrected chi connectivity index (χ1v) is 12.2. The molecule has 0 aromatic heterocycles. The van der Waals surface area contributed by atoms with Crippen LogP contribution in [-0.2, 0) is 26.2 Å². The van der Waals surface area contributed by atoms with E-state index in [4.69, 9.17) is 9.47 Å². The lowest BCUT2D eigenvalue weighted by molar-refractivity contribution is -0.140. The van der Waals surface area contributed by atoms with Gasteiger partial charge < -0.3 is 19.5 Å². The van der Waals surface area contributed by atoms with Crippen LogP contribution in [0.5, 0.6) is 5.75 Å². The van der Waals surface area contributed by atoms with Crippen LogP contribution >= 0.6 is 0 Å². The molecule has 0 spiro atoms. The van der Waals surface area contributed by atoms with Crippen LogP contribution in [0.25, 0.3) is 5.76 Å². The van der Waals surface area contributed by atoms with Crippen LogP contribution in [-0.4, -0.2) is 48.1 Å². The molecule has 1 atom stereocenters. The molecular formula is C29H37NO5. The summed E-state index contributed by atoms with van der Waals surface area (Å²) in [5.41, 5.74) is 3.16. The van der Waals surface area contributed by atoms with Gasteiger partial charge in [0.25, 0.3) is 11.7 Å². The summed E-state index contributed by atoms with van der Waals surface area (Å²) in [7, 11) is 1.52. The molecule has 35 heavy (non-hydrogen) atoms. The lowest BCUT2D eigenvalue weighted by Gasteiger charge is -2.26. The van der Waals surface area contributed by atoms with Crippen molar-refractivity contribution in [1.29, 1.82) is 0 Å². The molecule has 1 N–H and O–H groups in total. The van der Waals surface area contributed by atoms with Crippen molar-refractivity contribution in [2.24, 2.45) is 0 Å². The number of nitrogens with zero attached hydrogens (tertiary/aromatic N) is 1. The fraction of sp³-hybridized carbons (Fsp3) is 0.448. The van der Waals surface area contributed by atoms with Crippen LogP contribution in [0.15, 0.2) is 48.0 Å². The highest BCUT2D eigenvalue weighted by Crippen LogP contribution is 2.41. The summed E-state index contributed by atoms with van der Waals surface area (Å²) in [6.07, 6.45) is 0.873. The second-order valence-corrected chi connectivity index (χ2v) is 10.2. The maximum absolute atomic E-state index is 13.3. The number of rotatable bonds is 8. The Hall–Kier alpha value is -3.12. The van der Waals surface area contributed by atoms with Gasteiger partial charge in [0.15, 0.2) is 0 Å². The lowest BCUT2D eigenvalue weighted by Crippen LogP contribution is -2.33. The van der Waals surface area contributed by atoms with Crippen LogP contribution in [0.2, 0.25) is 0 Å². The molecule has 1 saturated heterocycles. The minimum absolute atomic E-state index is 0.00138. The van der Waals surface area contributed by atoms with Gasteiger partial charge in [-0.25, -0.2) is 0 Å². The zero-order chi connectivity index (χ0) is 25.9. The number of aryl methyl sites for hydroxylation is 1. The molecule has 1 unspecified atom stereocenters. The molecule has 1 amide bonds. The number of hydrogen-bond donors (Lipinski definition) is 1. The van der Waals surface area contributed by atoms with E-state index in [0.29, 0.717) is 11.3 Å². The first kappa shape index (κ1) is 26.5. The Balaban J connectivity index is 2.19. The normalized spacial score (nSPS) is 17.9. The van der Waals surface area contributed by atoms with E-state index < -0.39 is 17.7 Å². The molecule has 1 aliphatic rings. The Kier molecular flexibility index (Phi) is 8.06. The average Bonchev–Trinajstić information content (AvgIpc) is 3.07. The number of aliphatic hydroxyl groups excluding tert-OH is 1. The van der Waals surface area contributed by atoms with Crippen molar-refractivity contribution in [2.75, 3.05) is 20.3 Å². The number of ketones is 1. The predicted molar refractivity (Wildman–Crippen MR) is 138 cm³/mol. The van der Waals surface area contributed by atoms with Crippen LogP contribution in [0, 0.1) is 0 Å². The van der Waals surface area contributed by atoms with E-state index >= 15 is 0 Å². The highest BCUT2D eigenvalue weighted by Gasteiger charge is 2.46. The second kappa shape index (κ2) is 10.6. The van der Waals surface area contributed by atoms with Gasteiger partial charge in [-0.2, -0.15) is 0 Å². The van der Waals surface area contributed by atoms with E-state index in [-0.39, 0.29) is 36.0 Å². The van der Waals surface area contributed by atoms with Crippen LogP contribution in [0.3, 0.4) is 0 Å². The van der Waals surface area contributed by atoms with Gasteiger partial charge in [-0.05, 0) is 54.5 Å². The van der Waals surface area contributed by atoms with Crippen molar-refractivity contribution in [2.45, 2.75) is 65.5 Å². The summed E-state index contributed by atoms with van der Waals surface area (Å²) < 4.78 is 11.2. The SMILES string of the molecule is CCc1ccc(C2/C(=C(\O)c3cc(C(C)(C)C)ccc3OC)C(=O)C(=O)N2CCOC(C)C)cc1. The molecule has 1 aliphatic heterocycles. The van der Waals surface area contributed by atoms with Gasteiger partial charge in [-0.1, -0.05) is 58.0 Å². The summed E-state index contributed by atoms with van der Waals surface area (Å²) in [4.78, 5) is 28.0. The number of benzene rings is 2. The Bertz CT molecular complexity index is 1110. The summed E-state index contributed by atoms with van der Waals surface area (Å²) in [5.74, 6) is -1.15. The molecule has 0 saturated carbocycles.